The molecule has 1 saturated heterocycles. The zero-order valence-electron chi connectivity index (χ0n) is 10.2. The van der Waals surface area contributed by atoms with Gasteiger partial charge in [-0.25, -0.2) is 0 Å². The maximum absolute atomic E-state index is 11.8. The number of carbonyl (C=O) groups excluding carboxylic acids is 2. The number of hydrogen-bond donors (Lipinski definition) is 1. The molecule has 16 heavy (non-hydrogen) atoms. The molecule has 0 saturated carbocycles. The van der Waals surface area contributed by atoms with Crippen LogP contribution in [0.15, 0.2) is 0 Å². The summed E-state index contributed by atoms with van der Waals surface area (Å²) in [4.78, 5) is 26.6. The SMILES string of the molecule is CNCCN(C)C(=O)CN1CCCCC1=O. The quantitative estimate of drug-likeness (QED) is 0.700. The molecule has 1 aliphatic rings. The van der Waals surface area contributed by atoms with Crippen LogP contribution in [0.4, 0.5) is 0 Å². The lowest BCUT2D eigenvalue weighted by molar-refractivity contribution is -0.141. The highest BCUT2D eigenvalue weighted by molar-refractivity contribution is 5.85. The summed E-state index contributed by atoms with van der Waals surface area (Å²) in [5.41, 5.74) is 0. The number of likely N-dealkylation sites (tertiary alicyclic amines) is 1. The Morgan fingerprint density at radius 3 is 2.88 bits per heavy atom. The average Bonchev–Trinajstić information content (AvgIpc) is 2.28. The van der Waals surface area contributed by atoms with Gasteiger partial charge < -0.3 is 15.1 Å². The molecule has 1 aliphatic heterocycles. The van der Waals surface area contributed by atoms with Gasteiger partial charge in [0.25, 0.3) is 0 Å². The summed E-state index contributed by atoms with van der Waals surface area (Å²) < 4.78 is 0. The van der Waals surface area contributed by atoms with Gasteiger partial charge in [0, 0.05) is 33.1 Å². The molecule has 0 aromatic carbocycles. The summed E-state index contributed by atoms with van der Waals surface area (Å²) in [7, 11) is 3.63. The van der Waals surface area contributed by atoms with Crippen LogP contribution in [-0.2, 0) is 9.59 Å². The molecule has 5 heteroatoms. The highest BCUT2D eigenvalue weighted by Crippen LogP contribution is 2.10. The first-order valence-electron chi connectivity index (χ1n) is 5.81. The number of carbonyl (C=O) groups is 2. The molecule has 1 N–H and O–H groups in total. The van der Waals surface area contributed by atoms with E-state index < -0.39 is 0 Å². The van der Waals surface area contributed by atoms with Crippen molar-refractivity contribution in [3.05, 3.63) is 0 Å². The van der Waals surface area contributed by atoms with Gasteiger partial charge in [-0.05, 0) is 19.9 Å². The number of nitrogens with one attached hydrogen (secondary N) is 1. The summed E-state index contributed by atoms with van der Waals surface area (Å²) in [5, 5.41) is 2.99. The lowest BCUT2D eigenvalue weighted by Gasteiger charge is -2.28. The highest BCUT2D eigenvalue weighted by Gasteiger charge is 2.21. The van der Waals surface area contributed by atoms with Crippen LogP contribution in [0.5, 0.6) is 0 Å². The Hall–Kier alpha value is -1.10. The predicted octanol–water partition coefficient (Wildman–Crippen LogP) is -0.323. The first-order valence-corrected chi connectivity index (χ1v) is 5.81. The van der Waals surface area contributed by atoms with Gasteiger partial charge in [-0.15, -0.1) is 0 Å². The molecule has 0 spiro atoms. The van der Waals surface area contributed by atoms with Crippen molar-refractivity contribution in [2.45, 2.75) is 19.3 Å². The molecule has 0 atom stereocenters. The Morgan fingerprint density at radius 2 is 2.25 bits per heavy atom. The van der Waals surface area contributed by atoms with E-state index in [1.165, 1.54) is 0 Å². The van der Waals surface area contributed by atoms with Gasteiger partial charge in [0.15, 0.2) is 0 Å². The van der Waals surface area contributed by atoms with Crippen LogP contribution in [-0.4, -0.2) is 61.9 Å². The van der Waals surface area contributed by atoms with E-state index in [-0.39, 0.29) is 18.4 Å². The summed E-state index contributed by atoms with van der Waals surface area (Å²) in [5.74, 6) is 0.132. The van der Waals surface area contributed by atoms with Crippen LogP contribution in [0.3, 0.4) is 0 Å². The Balaban J connectivity index is 2.34. The van der Waals surface area contributed by atoms with E-state index in [1.54, 1.807) is 16.8 Å². The van der Waals surface area contributed by atoms with E-state index in [4.69, 9.17) is 0 Å². The topological polar surface area (TPSA) is 52.7 Å². The van der Waals surface area contributed by atoms with E-state index in [0.29, 0.717) is 13.0 Å². The van der Waals surface area contributed by atoms with Crippen molar-refractivity contribution in [1.82, 2.24) is 15.1 Å². The molecule has 0 aliphatic carbocycles. The molecule has 5 nitrogen and oxygen atoms in total. The molecule has 1 rings (SSSR count). The second-order valence-electron chi connectivity index (χ2n) is 4.19. The Morgan fingerprint density at radius 1 is 1.50 bits per heavy atom. The third-order valence-electron chi connectivity index (χ3n) is 2.87. The zero-order valence-corrected chi connectivity index (χ0v) is 10.2. The Labute approximate surface area is 96.8 Å². The van der Waals surface area contributed by atoms with E-state index in [2.05, 4.69) is 5.32 Å². The van der Waals surface area contributed by atoms with Gasteiger partial charge in [0.05, 0.1) is 6.54 Å². The first kappa shape index (κ1) is 13.0. The number of rotatable bonds is 5. The van der Waals surface area contributed by atoms with E-state index in [9.17, 15) is 9.59 Å². The minimum Gasteiger partial charge on any atom is -0.343 e. The van der Waals surface area contributed by atoms with E-state index in [1.807, 2.05) is 7.05 Å². The molecular formula is C11H21N3O2. The van der Waals surface area contributed by atoms with Crippen LogP contribution < -0.4 is 5.32 Å². The number of likely N-dealkylation sites (N-methyl/N-ethyl adjacent to an activating group) is 2. The van der Waals surface area contributed by atoms with Gasteiger partial charge in [-0.3, -0.25) is 9.59 Å². The van der Waals surface area contributed by atoms with Crippen molar-refractivity contribution in [3.8, 4) is 0 Å². The molecule has 0 aromatic rings. The third kappa shape index (κ3) is 3.81. The minimum atomic E-state index is 0.0190. The van der Waals surface area contributed by atoms with Crippen LogP contribution >= 0.6 is 0 Å². The van der Waals surface area contributed by atoms with Gasteiger partial charge >= 0.3 is 0 Å². The molecule has 0 bridgehead atoms. The van der Waals surface area contributed by atoms with E-state index in [0.717, 1.165) is 25.9 Å². The first-order chi connectivity index (χ1) is 7.65. The smallest absolute Gasteiger partial charge is 0.241 e. The molecule has 0 unspecified atom stereocenters. The molecule has 0 aromatic heterocycles. The fourth-order valence-corrected chi connectivity index (χ4v) is 1.72. The van der Waals surface area contributed by atoms with Crippen LogP contribution in [0, 0.1) is 0 Å². The molecule has 1 fully saturated rings. The number of piperidine rings is 1. The van der Waals surface area contributed by atoms with Crippen molar-refractivity contribution in [2.75, 3.05) is 40.3 Å². The lowest BCUT2D eigenvalue weighted by atomic mass is 10.1. The van der Waals surface area contributed by atoms with Gasteiger partial charge in [0.2, 0.25) is 11.8 Å². The summed E-state index contributed by atoms with van der Waals surface area (Å²) >= 11 is 0. The van der Waals surface area contributed by atoms with Crippen molar-refractivity contribution in [1.29, 1.82) is 0 Å². The second-order valence-corrected chi connectivity index (χ2v) is 4.19. The van der Waals surface area contributed by atoms with Crippen LogP contribution in [0.2, 0.25) is 0 Å². The average molecular weight is 227 g/mol. The number of nitrogens with zero attached hydrogens (tertiary/aromatic N) is 2. The third-order valence-corrected chi connectivity index (χ3v) is 2.87. The molecule has 0 radical (unpaired) electrons. The van der Waals surface area contributed by atoms with Gasteiger partial charge in [0.1, 0.15) is 0 Å². The summed E-state index contributed by atoms with van der Waals surface area (Å²) in [6, 6.07) is 0. The minimum absolute atomic E-state index is 0.0190. The molecule has 2 amide bonds. The fourth-order valence-electron chi connectivity index (χ4n) is 1.72. The van der Waals surface area contributed by atoms with Gasteiger partial charge in [-0.2, -0.15) is 0 Å². The number of amides is 2. The predicted molar refractivity (Wildman–Crippen MR) is 62.0 cm³/mol. The molecule has 1 heterocycles. The normalized spacial score (nSPS) is 16.4. The maximum atomic E-state index is 11.8. The Kier molecular flexibility index (Phi) is 5.25. The standard InChI is InChI=1S/C11H21N3O2/c1-12-6-8-13(2)11(16)9-14-7-4-3-5-10(14)15/h12H,3-9H2,1-2H3. The summed E-state index contributed by atoms with van der Waals surface area (Å²) in [6.45, 7) is 2.41. The van der Waals surface area contributed by atoms with Crippen LogP contribution in [0.1, 0.15) is 19.3 Å². The largest absolute Gasteiger partial charge is 0.343 e. The van der Waals surface area contributed by atoms with Crippen molar-refractivity contribution in [2.24, 2.45) is 0 Å². The maximum Gasteiger partial charge on any atom is 0.241 e. The number of hydrogen-bond acceptors (Lipinski definition) is 3. The Bertz CT molecular complexity index is 256. The van der Waals surface area contributed by atoms with E-state index >= 15 is 0 Å². The molecular weight excluding hydrogens is 206 g/mol. The highest BCUT2D eigenvalue weighted by atomic mass is 16.2. The second kappa shape index (κ2) is 6.48. The summed E-state index contributed by atoms with van der Waals surface area (Å²) in [6.07, 6.45) is 2.56. The fraction of sp³-hybridized carbons (Fsp3) is 0.818. The van der Waals surface area contributed by atoms with Crippen molar-refractivity contribution in [3.63, 3.8) is 0 Å². The lowest BCUT2D eigenvalue weighted by Crippen LogP contribution is -2.44. The van der Waals surface area contributed by atoms with Gasteiger partial charge in [-0.1, -0.05) is 0 Å². The zero-order chi connectivity index (χ0) is 12.0. The van der Waals surface area contributed by atoms with Crippen molar-refractivity contribution < 1.29 is 9.59 Å². The monoisotopic (exact) mass is 227 g/mol. The molecule has 92 valence electrons. The van der Waals surface area contributed by atoms with Crippen molar-refractivity contribution >= 4 is 11.8 Å². The van der Waals surface area contributed by atoms with Crippen LogP contribution in [0.25, 0.3) is 0 Å².